The normalized spacial score (nSPS) is 10.5. The summed E-state index contributed by atoms with van der Waals surface area (Å²) in [5, 5.41) is 0. The molecule has 0 aliphatic heterocycles. The molecule has 0 bridgehead atoms. The van der Waals surface area contributed by atoms with Crippen molar-refractivity contribution in [2.45, 2.75) is 12.1 Å². The zero-order valence-electron chi connectivity index (χ0n) is 13.4. The van der Waals surface area contributed by atoms with Crippen molar-refractivity contribution in [3.8, 4) is 0 Å². The maximum atomic E-state index is 10.7. The van der Waals surface area contributed by atoms with Gasteiger partial charge < -0.3 is 9.45 Å². The molecule has 0 N–H and O–H groups in total. The minimum atomic E-state index is -6.09. The molecule has 0 fully saturated rings. The second-order valence-corrected chi connectivity index (χ2v) is 5.92. The van der Waals surface area contributed by atoms with Gasteiger partial charge in [-0.05, 0) is 26.2 Å². The topological polar surface area (TPSA) is 73.3 Å². The molecular weight excluding hydrogens is 452 g/mol. The molecule has 2 aromatic rings. The van der Waals surface area contributed by atoms with E-state index in [1.165, 1.54) is 5.56 Å². The number of aromatic nitrogens is 1. The van der Waals surface area contributed by atoms with E-state index < -0.39 is 15.6 Å². The van der Waals surface area contributed by atoms with Gasteiger partial charge in [0, 0.05) is 18.9 Å². The molecule has 2 rings (SSSR count). The maximum absolute atomic E-state index is 10.7. The zero-order chi connectivity index (χ0) is 18.6. The molecule has 1 heterocycles. The first kappa shape index (κ1) is 25.9. The van der Waals surface area contributed by atoms with Gasteiger partial charge in [0.1, 0.15) is 0 Å². The second kappa shape index (κ2) is 13.0. The number of halogens is 3. The molecule has 0 amide bonds. The van der Waals surface area contributed by atoms with Crippen molar-refractivity contribution in [1.29, 1.82) is 0 Å². The molecule has 0 unspecified atom stereocenters. The summed E-state index contributed by atoms with van der Waals surface area (Å²) >= 11 is 0. The molecule has 0 saturated heterocycles. The third kappa shape index (κ3) is 14.7. The van der Waals surface area contributed by atoms with Crippen molar-refractivity contribution in [3.63, 3.8) is 0 Å². The number of benzene rings is 1. The van der Waals surface area contributed by atoms with Gasteiger partial charge in [-0.3, -0.25) is 4.98 Å². The SMILES string of the molecule is CN(C)Cc1[c-]cccc1.O=S(=O)([O-])C(F)(F)F.[Pd+2].c1ccncc1. The minimum absolute atomic E-state index is 0. The van der Waals surface area contributed by atoms with Gasteiger partial charge in [-0.2, -0.15) is 43.5 Å². The summed E-state index contributed by atoms with van der Waals surface area (Å²) < 4.78 is 58.9. The van der Waals surface area contributed by atoms with E-state index in [2.05, 4.69) is 36.1 Å². The van der Waals surface area contributed by atoms with Gasteiger partial charge >= 0.3 is 25.9 Å². The molecular formula is C15H17F3N2O3PdS. The first-order chi connectivity index (χ1) is 11.0. The summed E-state index contributed by atoms with van der Waals surface area (Å²) in [7, 11) is -1.98. The molecule has 10 heteroatoms. The fourth-order valence-corrected chi connectivity index (χ4v) is 1.18. The van der Waals surface area contributed by atoms with Crippen LogP contribution in [0.25, 0.3) is 0 Å². The first-order valence-corrected chi connectivity index (χ1v) is 7.92. The van der Waals surface area contributed by atoms with E-state index in [-0.39, 0.29) is 20.4 Å². The molecule has 1 aromatic heterocycles. The third-order valence-electron chi connectivity index (χ3n) is 2.11. The Kier molecular flexibility index (Phi) is 13.5. The van der Waals surface area contributed by atoms with Gasteiger partial charge in [0.05, 0.1) is 0 Å². The number of hydrogen-bond acceptors (Lipinski definition) is 5. The van der Waals surface area contributed by atoms with Crippen molar-refractivity contribution in [1.82, 2.24) is 9.88 Å². The quantitative estimate of drug-likeness (QED) is 0.293. The van der Waals surface area contributed by atoms with Crippen LogP contribution in [0.4, 0.5) is 13.2 Å². The van der Waals surface area contributed by atoms with Gasteiger partial charge in [-0.15, -0.1) is 5.56 Å². The van der Waals surface area contributed by atoms with Crippen LogP contribution in [-0.2, 0) is 37.1 Å². The maximum Gasteiger partial charge on any atom is 2.00 e. The Balaban J connectivity index is 0. The van der Waals surface area contributed by atoms with Crippen LogP contribution in [0.3, 0.4) is 0 Å². The smallest absolute Gasteiger partial charge is 0.741 e. The zero-order valence-corrected chi connectivity index (χ0v) is 15.8. The fraction of sp³-hybridized carbons (Fsp3) is 0.267. The summed E-state index contributed by atoms with van der Waals surface area (Å²) in [5.74, 6) is 0. The molecule has 0 radical (unpaired) electrons. The van der Waals surface area contributed by atoms with Gasteiger partial charge in [0.15, 0.2) is 10.1 Å². The summed E-state index contributed by atoms with van der Waals surface area (Å²) in [6.07, 6.45) is 3.50. The van der Waals surface area contributed by atoms with Crippen LogP contribution in [0, 0.1) is 6.07 Å². The Morgan fingerprint density at radius 2 is 1.64 bits per heavy atom. The first-order valence-electron chi connectivity index (χ1n) is 6.51. The van der Waals surface area contributed by atoms with E-state index in [0.717, 1.165) is 6.54 Å². The Morgan fingerprint density at radius 3 is 1.88 bits per heavy atom. The monoisotopic (exact) mass is 468 g/mol. The number of nitrogens with zero attached hydrogens (tertiary/aromatic N) is 2. The van der Waals surface area contributed by atoms with E-state index in [4.69, 9.17) is 13.0 Å². The van der Waals surface area contributed by atoms with Crippen LogP contribution < -0.4 is 0 Å². The summed E-state index contributed by atoms with van der Waals surface area (Å²) in [5.41, 5.74) is -4.40. The summed E-state index contributed by atoms with van der Waals surface area (Å²) in [4.78, 5) is 5.92. The Morgan fingerprint density at radius 1 is 1.12 bits per heavy atom. The molecule has 5 nitrogen and oxygen atoms in total. The third-order valence-corrected chi connectivity index (χ3v) is 2.68. The van der Waals surface area contributed by atoms with Crippen LogP contribution in [0.5, 0.6) is 0 Å². The molecule has 0 saturated carbocycles. The van der Waals surface area contributed by atoms with Gasteiger partial charge in [-0.25, -0.2) is 8.42 Å². The molecule has 0 aliphatic carbocycles. The Hall–Kier alpha value is -1.31. The molecule has 142 valence electrons. The molecule has 0 aliphatic rings. The Labute approximate surface area is 159 Å². The Bertz CT molecular complexity index is 628. The van der Waals surface area contributed by atoms with Gasteiger partial charge in [0.25, 0.3) is 0 Å². The van der Waals surface area contributed by atoms with Crippen LogP contribution in [0.2, 0.25) is 0 Å². The molecule has 0 atom stereocenters. The average molecular weight is 469 g/mol. The number of hydrogen-bond donors (Lipinski definition) is 0. The van der Waals surface area contributed by atoms with E-state index in [1.54, 1.807) is 12.4 Å². The predicted molar refractivity (Wildman–Crippen MR) is 82.7 cm³/mol. The van der Waals surface area contributed by atoms with Crippen molar-refractivity contribution < 1.29 is 46.6 Å². The number of pyridine rings is 1. The van der Waals surface area contributed by atoms with Crippen LogP contribution in [0.15, 0.2) is 54.9 Å². The fourth-order valence-electron chi connectivity index (χ4n) is 1.18. The van der Waals surface area contributed by atoms with E-state index in [0.29, 0.717) is 0 Å². The van der Waals surface area contributed by atoms with E-state index in [9.17, 15) is 13.2 Å². The average Bonchev–Trinajstić information content (AvgIpc) is 2.48. The van der Waals surface area contributed by atoms with E-state index >= 15 is 0 Å². The van der Waals surface area contributed by atoms with Gasteiger partial charge in [0.2, 0.25) is 0 Å². The summed E-state index contributed by atoms with van der Waals surface area (Å²) in [6.45, 7) is 0.973. The van der Waals surface area contributed by atoms with Crippen LogP contribution in [-0.4, -0.2) is 42.5 Å². The summed E-state index contributed by atoms with van der Waals surface area (Å²) in [6, 6.07) is 16.9. The van der Waals surface area contributed by atoms with E-state index in [1.807, 2.05) is 36.4 Å². The standard InChI is InChI=1S/C9H12N.C5H5N.CHF3O3S.Pd/c1-10(2)8-9-6-4-3-5-7-9;1-2-4-6-5-3-1;2-1(3,4)8(5,6)7;/h3-6H,8H2,1-2H3;1-5H;(H,5,6,7);/q-1;;;+2/p-1. The number of alkyl halides is 3. The molecule has 25 heavy (non-hydrogen) atoms. The second-order valence-electron chi connectivity index (χ2n) is 4.55. The minimum Gasteiger partial charge on any atom is -0.741 e. The van der Waals surface area contributed by atoms with Crippen molar-refractivity contribution in [2.75, 3.05) is 14.1 Å². The molecule has 0 spiro atoms. The van der Waals surface area contributed by atoms with Gasteiger partial charge in [-0.1, -0.05) is 6.07 Å². The van der Waals surface area contributed by atoms with Crippen molar-refractivity contribution in [3.05, 3.63) is 66.5 Å². The van der Waals surface area contributed by atoms with Crippen LogP contribution in [0.1, 0.15) is 5.56 Å². The van der Waals surface area contributed by atoms with Crippen molar-refractivity contribution >= 4 is 10.1 Å². The largest absolute Gasteiger partial charge is 2.00 e. The molecule has 1 aromatic carbocycles. The van der Waals surface area contributed by atoms with Crippen molar-refractivity contribution in [2.24, 2.45) is 0 Å². The predicted octanol–water partition coefficient (Wildman–Crippen LogP) is 2.68. The van der Waals surface area contributed by atoms with Crippen LogP contribution >= 0.6 is 0 Å². The number of rotatable bonds is 2.